The first kappa shape index (κ1) is 23.5. The molecule has 2 rings (SSSR count). The quantitative estimate of drug-likeness (QED) is 0.277. The van der Waals surface area contributed by atoms with Crippen LogP contribution in [0, 0.1) is 0 Å². The second-order valence-corrected chi connectivity index (χ2v) is 8.32. The van der Waals surface area contributed by atoms with E-state index in [1.165, 1.54) is 0 Å². The summed E-state index contributed by atoms with van der Waals surface area (Å²) < 4.78 is 133. The summed E-state index contributed by atoms with van der Waals surface area (Å²) in [6.45, 7) is 0. The normalized spacial score (nSPS) is 13.2. The van der Waals surface area contributed by atoms with Crippen molar-refractivity contribution >= 4 is 37.0 Å². The Balaban J connectivity index is 2.82. The van der Waals surface area contributed by atoms with Crippen LogP contribution >= 0.6 is 0 Å². The lowest BCUT2D eigenvalue weighted by Crippen LogP contribution is -2.28. The number of halogens is 6. The minimum absolute atomic E-state index is 0.388. The van der Waals surface area contributed by atoms with E-state index in [4.69, 9.17) is 0 Å². The molecule has 166 valence electrons. The average Bonchev–Trinajstić information content (AvgIpc) is 2.60. The highest BCUT2D eigenvalue weighted by molar-refractivity contribution is 7.88. The smallest absolute Gasteiger partial charge is 0.465 e. The summed E-state index contributed by atoms with van der Waals surface area (Å²) in [7, 11) is -11.6. The number of fused-ring (bicyclic) bond motifs is 1. The zero-order valence-electron chi connectivity index (χ0n) is 14.2. The molecule has 0 atom stereocenters. The van der Waals surface area contributed by atoms with Gasteiger partial charge in [-0.25, -0.2) is 4.79 Å². The summed E-state index contributed by atoms with van der Waals surface area (Å²) in [6, 6.07) is 3.59. The maximum atomic E-state index is 12.6. The maximum Gasteiger partial charge on any atom is 0.534 e. The molecule has 0 amide bonds. The van der Waals surface area contributed by atoms with Gasteiger partial charge < -0.3 is 13.1 Å². The number of alkyl halides is 6. The van der Waals surface area contributed by atoms with Gasteiger partial charge in [0.25, 0.3) is 0 Å². The molecule has 30 heavy (non-hydrogen) atoms. The molecule has 0 bridgehead atoms. The van der Waals surface area contributed by atoms with Crippen molar-refractivity contribution in [2.24, 2.45) is 0 Å². The minimum Gasteiger partial charge on any atom is -0.465 e. The standard InChI is InChI=1S/C14H8F6O8S2/c1-26-12(21)8-4-2-3-7-9(27-29(22,23)13(15,16)17)5-6-10(11(7)8)28-30(24,25)14(18,19)20/h2-6H,1H3. The number of carbonyl (C=O) groups excluding carboxylic acids is 1. The molecule has 0 aromatic heterocycles. The molecular formula is C14H8F6O8S2. The molecule has 0 spiro atoms. The molecule has 0 heterocycles. The molecule has 16 heteroatoms. The van der Waals surface area contributed by atoms with Crippen LogP contribution in [0.15, 0.2) is 30.3 Å². The van der Waals surface area contributed by atoms with Gasteiger partial charge in [-0.15, -0.1) is 0 Å². The molecule has 8 nitrogen and oxygen atoms in total. The number of hydrogen-bond donors (Lipinski definition) is 0. The molecular weight excluding hydrogens is 474 g/mol. The van der Waals surface area contributed by atoms with Crippen molar-refractivity contribution in [3.8, 4) is 11.5 Å². The van der Waals surface area contributed by atoms with Crippen LogP contribution in [-0.4, -0.2) is 40.9 Å². The Morgan fingerprint density at radius 2 is 1.27 bits per heavy atom. The molecule has 0 aliphatic heterocycles. The molecule has 0 aliphatic rings. The van der Waals surface area contributed by atoms with E-state index in [-0.39, 0.29) is 0 Å². The van der Waals surface area contributed by atoms with Gasteiger partial charge in [-0.3, -0.25) is 0 Å². The molecule has 0 saturated carbocycles. The third kappa shape index (κ3) is 4.38. The molecule has 0 unspecified atom stereocenters. The monoisotopic (exact) mass is 482 g/mol. The molecule has 2 aromatic carbocycles. The summed E-state index contributed by atoms with van der Waals surface area (Å²) in [5.74, 6) is -3.45. The Morgan fingerprint density at radius 1 is 0.800 bits per heavy atom. The molecule has 0 radical (unpaired) electrons. The van der Waals surface area contributed by atoms with Crippen LogP contribution in [0.5, 0.6) is 11.5 Å². The molecule has 2 aromatic rings. The van der Waals surface area contributed by atoms with Gasteiger partial charge in [0.15, 0.2) is 11.5 Å². The van der Waals surface area contributed by atoms with E-state index in [1.54, 1.807) is 0 Å². The van der Waals surface area contributed by atoms with E-state index >= 15 is 0 Å². The maximum absolute atomic E-state index is 12.6. The van der Waals surface area contributed by atoms with Crippen LogP contribution < -0.4 is 8.37 Å². The number of ether oxygens (including phenoxy) is 1. The highest BCUT2D eigenvalue weighted by Crippen LogP contribution is 2.40. The molecule has 0 N–H and O–H groups in total. The Hall–Kier alpha value is -2.75. The predicted molar refractivity (Wildman–Crippen MR) is 86.5 cm³/mol. The molecule has 0 fully saturated rings. The van der Waals surface area contributed by atoms with Crippen molar-refractivity contribution in [1.29, 1.82) is 0 Å². The van der Waals surface area contributed by atoms with Crippen molar-refractivity contribution in [1.82, 2.24) is 0 Å². The van der Waals surface area contributed by atoms with Crippen LogP contribution in [-0.2, 0) is 25.0 Å². The largest absolute Gasteiger partial charge is 0.534 e. The minimum atomic E-state index is -6.25. The second-order valence-electron chi connectivity index (χ2n) is 5.25. The van der Waals surface area contributed by atoms with Gasteiger partial charge in [-0.1, -0.05) is 12.1 Å². The van der Waals surface area contributed by atoms with Gasteiger partial charge in [-0.2, -0.15) is 43.2 Å². The van der Waals surface area contributed by atoms with E-state index in [0.29, 0.717) is 12.1 Å². The number of esters is 1. The van der Waals surface area contributed by atoms with E-state index in [9.17, 15) is 48.0 Å². The fourth-order valence-electron chi connectivity index (χ4n) is 2.10. The fraction of sp³-hybridized carbons (Fsp3) is 0.214. The summed E-state index contributed by atoms with van der Waals surface area (Å²) in [5, 5.41) is -1.48. The third-order valence-electron chi connectivity index (χ3n) is 3.33. The van der Waals surface area contributed by atoms with Crippen molar-refractivity contribution in [2.75, 3.05) is 7.11 Å². The number of carbonyl (C=O) groups is 1. The molecule has 0 saturated heterocycles. The Bertz CT molecular complexity index is 1200. The SMILES string of the molecule is COC(=O)c1cccc2c(OS(=O)(=O)C(F)(F)F)ccc(OS(=O)(=O)C(F)(F)F)c12. The van der Waals surface area contributed by atoms with Gasteiger partial charge in [-0.05, 0) is 18.2 Å². The highest BCUT2D eigenvalue weighted by atomic mass is 32.2. The number of hydrogen-bond acceptors (Lipinski definition) is 8. The summed E-state index contributed by atoms with van der Waals surface area (Å²) >= 11 is 0. The number of benzene rings is 2. The molecule has 0 aliphatic carbocycles. The average molecular weight is 482 g/mol. The second kappa shape index (κ2) is 7.50. The first-order chi connectivity index (χ1) is 13.5. The van der Waals surface area contributed by atoms with Crippen molar-refractivity contribution in [2.45, 2.75) is 11.0 Å². The van der Waals surface area contributed by atoms with Crippen LogP contribution in [0.1, 0.15) is 10.4 Å². The van der Waals surface area contributed by atoms with Crippen molar-refractivity contribution in [3.63, 3.8) is 0 Å². The van der Waals surface area contributed by atoms with E-state index < -0.39 is 65.1 Å². The Morgan fingerprint density at radius 3 is 1.73 bits per heavy atom. The van der Waals surface area contributed by atoms with Crippen LogP contribution in [0.2, 0.25) is 0 Å². The van der Waals surface area contributed by atoms with E-state index in [0.717, 1.165) is 25.3 Å². The fourth-order valence-corrected chi connectivity index (χ4v) is 3.05. The number of rotatable bonds is 5. The zero-order valence-corrected chi connectivity index (χ0v) is 15.9. The lowest BCUT2D eigenvalue weighted by molar-refractivity contribution is -0.0505. The van der Waals surface area contributed by atoms with E-state index in [1.807, 2.05) is 0 Å². The summed E-state index contributed by atoms with van der Waals surface area (Å²) in [6.07, 6.45) is 0. The predicted octanol–water partition coefficient (Wildman–Crippen LogP) is 3.08. The lowest BCUT2D eigenvalue weighted by atomic mass is 10.0. The van der Waals surface area contributed by atoms with Gasteiger partial charge in [0, 0.05) is 10.8 Å². The van der Waals surface area contributed by atoms with Gasteiger partial charge in [0.2, 0.25) is 0 Å². The Kier molecular flexibility index (Phi) is 5.88. The van der Waals surface area contributed by atoms with Crippen molar-refractivity contribution in [3.05, 3.63) is 35.9 Å². The van der Waals surface area contributed by atoms with Crippen LogP contribution in [0.3, 0.4) is 0 Å². The van der Waals surface area contributed by atoms with Gasteiger partial charge in [0.05, 0.1) is 12.7 Å². The topological polar surface area (TPSA) is 113 Å². The van der Waals surface area contributed by atoms with Gasteiger partial charge in [0.1, 0.15) is 0 Å². The summed E-state index contributed by atoms with van der Waals surface area (Å²) in [4.78, 5) is 11.9. The number of methoxy groups -OCH3 is 1. The zero-order chi connectivity index (χ0) is 23.1. The Labute approximate surface area is 164 Å². The van der Waals surface area contributed by atoms with Crippen LogP contribution in [0.25, 0.3) is 10.8 Å². The summed E-state index contributed by atoms with van der Waals surface area (Å²) in [5.41, 5.74) is -12.4. The van der Waals surface area contributed by atoms with Crippen molar-refractivity contribution < 1.29 is 61.1 Å². The lowest BCUT2D eigenvalue weighted by Gasteiger charge is -2.16. The third-order valence-corrected chi connectivity index (χ3v) is 5.27. The van der Waals surface area contributed by atoms with E-state index in [2.05, 4.69) is 13.1 Å². The van der Waals surface area contributed by atoms with Crippen LogP contribution in [0.4, 0.5) is 26.3 Å². The first-order valence-electron chi connectivity index (χ1n) is 7.17. The van der Waals surface area contributed by atoms with Gasteiger partial charge >= 0.3 is 37.2 Å². The first-order valence-corrected chi connectivity index (χ1v) is 9.99. The highest BCUT2D eigenvalue weighted by Gasteiger charge is 2.50.